The van der Waals surface area contributed by atoms with Crippen LogP contribution >= 0.6 is 0 Å². The zero-order chi connectivity index (χ0) is 13.0. The van der Waals surface area contributed by atoms with Crippen molar-refractivity contribution in [1.29, 1.82) is 0 Å². The number of nitrogens with zero attached hydrogens (tertiary/aromatic N) is 2. The van der Waals surface area contributed by atoms with E-state index in [-0.39, 0.29) is 11.3 Å². The molecule has 1 aromatic heterocycles. The van der Waals surface area contributed by atoms with Crippen LogP contribution in [0.1, 0.15) is 37.9 Å². The van der Waals surface area contributed by atoms with Gasteiger partial charge in [-0.15, -0.1) is 0 Å². The molecule has 0 aliphatic carbocycles. The summed E-state index contributed by atoms with van der Waals surface area (Å²) in [5.74, 6) is 0.291. The first-order chi connectivity index (χ1) is 8.65. The van der Waals surface area contributed by atoms with E-state index >= 15 is 0 Å². The highest BCUT2D eigenvalue weighted by Crippen LogP contribution is 2.29. The number of sulfone groups is 1. The van der Waals surface area contributed by atoms with E-state index in [4.69, 9.17) is 0 Å². The number of nitrogens with one attached hydrogen (secondary N) is 1. The molecule has 0 aromatic carbocycles. The minimum atomic E-state index is -3.02. The van der Waals surface area contributed by atoms with Crippen molar-refractivity contribution < 1.29 is 8.42 Å². The van der Waals surface area contributed by atoms with E-state index in [9.17, 15) is 8.42 Å². The molecule has 1 aliphatic rings. The van der Waals surface area contributed by atoms with Gasteiger partial charge in [-0.05, 0) is 19.4 Å². The van der Waals surface area contributed by atoms with E-state index in [1.165, 1.54) is 0 Å². The molecule has 1 N–H and O–H groups in total. The van der Waals surface area contributed by atoms with Crippen LogP contribution in [0.25, 0.3) is 0 Å². The fourth-order valence-corrected chi connectivity index (χ4v) is 4.56. The third-order valence-corrected chi connectivity index (χ3v) is 5.61. The van der Waals surface area contributed by atoms with Crippen LogP contribution in [0.2, 0.25) is 0 Å². The Labute approximate surface area is 108 Å². The van der Waals surface area contributed by atoms with E-state index in [2.05, 4.69) is 15.3 Å². The van der Waals surface area contributed by atoms with Crippen molar-refractivity contribution in [3.8, 4) is 0 Å². The fraction of sp³-hybridized carbons (Fsp3) is 0.667. The van der Waals surface area contributed by atoms with Crippen LogP contribution in [0.15, 0.2) is 18.6 Å². The molecular weight excluding hydrogens is 250 g/mol. The van der Waals surface area contributed by atoms with Crippen molar-refractivity contribution in [1.82, 2.24) is 15.3 Å². The van der Waals surface area contributed by atoms with E-state index in [1.54, 1.807) is 18.6 Å². The van der Waals surface area contributed by atoms with Gasteiger partial charge < -0.3 is 5.32 Å². The maximum Gasteiger partial charge on any atom is 0.155 e. The average Bonchev–Trinajstić information content (AvgIpc) is 2.37. The van der Waals surface area contributed by atoms with Crippen LogP contribution in [0.4, 0.5) is 0 Å². The molecule has 1 aliphatic heterocycles. The summed E-state index contributed by atoms with van der Waals surface area (Å²) >= 11 is 0. The smallest absolute Gasteiger partial charge is 0.155 e. The molecule has 5 nitrogen and oxygen atoms in total. The second-order valence-electron chi connectivity index (χ2n) is 4.57. The monoisotopic (exact) mass is 269 g/mol. The molecule has 2 unspecified atom stereocenters. The quantitative estimate of drug-likeness (QED) is 0.886. The topological polar surface area (TPSA) is 72.0 Å². The summed E-state index contributed by atoms with van der Waals surface area (Å²) in [7, 11) is -3.02. The maximum atomic E-state index is 12.2. The van der Waals surface area contributed by atoms with Gasteiger partial charge in [-0.2, -0.15) is 0 Å². The highest BCUT2D eigenvalue weighted by molar-refractivity contribution is 7.92. The number of hydrogen-bond donors (Lipinski definition) is 1. The molecule has 2 atom stereocenters. The summed E-state index contributed by atoms with van der Waals surface area (Å²) in [4.78, 5) is 8.28. The van der Waals surface area contributed by atoms with Gasteiger partial charge in [-0.25, -0.2) is 8.42 Å². The number of rotatable bonds is 4. The molecule has 0 amide bonds. The fourth-order valence-electron chi connectivity index (χ4n) is 2.47. The summed E-state index contributed by atoms with van der Waals surface area (Å²) in [6.45, 7) is 2.69. The second kappa shape index (κ2) is 5.75. The minimum absolute atomic E-state index is 0.242. The van der Waals surface area contributed by atoms with Crippen LogP contribution in [0.5, 0.6) is 0 Å². The van der Waals surface area contributed by atoms with E-state index in [0.29, 0.717) is 18.7 Å². The lowest BCUT2D eigenvalue weighted by molar-refractivity contribution is 0.446. The van der Waals surface area contributed by atoms with Crippen molar-refractivity contribution in [2.75, 3.05) is 12.3 Å². The van der Waals surface area contributed by atoms with Gasteiger partial charge in [0.25, 0.3) is 0 Å². The van der Waals surface area contributed by atoms with Gasteiger partial charge in [0.15, 0.2) is 9.84 Å². The molecule has 0 spiro atoms. The molecule has 6 heteroatoms. The zero-order valence-electron chi connectivity index (χ0n) is 10.5. The molecule has 2 rings (SSSR count). The van der Waals surface area contributed by atoms with Gasteiger partial charge in [0.05, 0.1) is 28.9 Å². The largest absolute Gasteiger partial charge is 0.308 e. The van der Waals surface area contributed by atoms with Crippen LogP contribution in [0.3, 0.4) is 0 Å². The Balaban J connectivity index is 2.30. The van der Waals surface area contributed by atoms with Gasteiger partial charge in [0.1, 0.15) is 0 Å². The van der Waals surface area contributed by atoms with E-state index in [1.807, 2.05) is 6.92 Å². The Morgan fingerprint density at radius 3 is 2.89 bits per heavy atom. The van der Waals surface area contributed by atoms with Crippen molar-refractivity contribution in [2.24, 2.45) is 0 Å². The molecular formula is C12H19N3O2S. The van der Waals surface area contributed by atoms with Gasteiger partial charge >= 0.3 is 0 Å². The van der Waals surface area contributed by atoms with Crippen molar-refractivity contribution in [3.63, 3.8) is 0 Å². The highest BCUT2D eigenvalue weighted by atomic mass is 32.2. The van der Waals surface area contributed by atoms with Crippen LogP contribution in [-0.2, 0) is 9.84 Å². The highest BCUT2D eigenvalue weighted by Gasteiger charge is 2.36. The standard InChI is InChI=1S/C12H19N3O2S/c1-2-14-12(10-9-13-6-7-15-10)11-5-3-4-8-18(11,16)17/h6-7,9,11-12,14H,2-5,8H2,1H3. The molecule has 1 aromatic rings. The van der Waals surface area contributed by atoms with E-state index < -0.39 is 9.84 Å². The van der Waals surface area contributed by atoms with Gasteiger partial charge in [-0.1, -0.05) is 13.3 Å². The van der Waals surface area contributed by atoms with Crippen LogP contribution in [0, 0.1) is 0 Å². The second-order valence-corrected chi connectivity index (χ2v) is 6.91. The van der Waals surface area contributed by atoms with Crippen LogP contribution < -0.4 is 5.32 Å². The minimum Gasteiger partial charge on any atom is -0.308 e. The predicted octanol–water partition coefficient (Wildman–Crippen LogP) is 1.09. The van der Waals surface area contributed by atoms with E-state index in [0.717, 1.165) is 18.5 Å². The first-order valence-corrected chi connectivity index (χ1v) is 8.07. The first kappa shape index (κ1) is 13.4. The first-order valence-electron chi connectivity index (χ1n) is 6.36. The molecule has 1 saturated heterocycles. The number of hydrogen-bond acceptors (Lipinski definition) is 5. The van der Waals surface area contributed by atoms with Crippen molar-refractivity contribution >= 4 is 9.84 Å². The van der Waals surface area contributed by atoms with Gasteiger partial charge in [0.2, 0.25) is 0 Å². The Hall–Kier alpha value is -1.01. The molecule has 2 heterocycles. The molecule has 0 bridgehead atoms. The lowest BCUT2D eigenvalue weighted by atomic mass is 10.0. The lowest BCUT2D eigenvalue weighted by Gasteiger charge is -2.30. The predicted molar refractivity (Wildman–Crippen MR) is 69.9 cm³/mol. The average molecular weight is 269 g/mol. The summed E-state index contributed by atoms with van der Waals surface area (Å²) in [6, 6.07) is -0.242. The maximum absolute atomic E-state index is 12.2. The zero-order valence-corrected chi connectivity index (χ0v) is 11.4. The third kappa shape index (κ3) is 2.87. The Kier molecular flexibility index (Phi) is 4.29. The van der Waals surface area contributed by atoms with Crippen molar-refractivity contribution in [2.45, 2.75) is 37.5 Å². The molecule has 0 saturated carbocycles. The summed E-state index contributed by atoms with van der Waals surface area (Å²) in [5.41, 5.74) is 0.717. The molecule has 100 valence electrons. The molecule has 0 radical (unpaired) electrons. The van der Waals surface area contributed by atoms with Crippen LogP contribution in [-0.4, -0.2) is 35.9 Å². The normalized spacial score (nSPS) is 24.6. The summed E-state index contributed by atoms with van der Waals surface area (Å²) < 4.78 is 24.4. The summed E-state index contributed by atoms with van der Waals surface area (Å²) in [6.07, 6.45) is 7.30. The summed E-state index contributed by atoms with van der Waals surface area (Å²) in [5, 5.41) is 2.87. The van der Waals surface area contributed by atoms with Crippen molar-refractivity contribution in [3.05, 3.63) is 24.3 Å². The lowest BCUT2D eigenvalue weighted by Crippen LogP contribution is -2.41. The molecule has 1 fully saturated rings. The Morgan fingerprint density at radius 1 is 1.44 bits per heavy atom. The SMILES string of the molecule is CCNC(c1cnccn1)C1CCCCS1(=O)=O. The van der Waals surface area contributed by atoms with Gasteiger partial charge in [-0.3, -0.25) is 9.97 Å². The Bertz CT molecular complexity index is 475. The molecule has 18 heavy (non-hydrogen) atoms. The third-order valence-electron chi connectivity index (χ3n) is 3.33. The van der Waals surface area contributed by atoms with Gasteiger partial charge in [0, 0.05) is 12.4 Å². The number of aromatic nitrogens is 2. The Morgan fingerprint density at radius 2 is 2.28 bits per heavy atom.